The van der Waals surface area contributed by atoms with Gasteiger partial charge in [-0.2, -0.15) is 0 Å². The van der Waals surface area contributed by atoms with E-state index in [9.17, 15) is 12.8 Å². The molecule has 0 radical (unpaired) electrons. The highest BCUT2D eigenvalue weighted by Crippen LogP contribution is 2.22. The molecule has 0 fully saturated rings. The van der Waals surface area contributed by atoms with Crippen LogP contribution in [0.15, 0.2) is 17.0 Å². The van der Waals surface area contributed by atoms with E-state index >= 15 is 0 Å². The lowest BCUT2D eigenvalue weighted by atomic mass is 10.1. The van der Waals surface area contributed by atoms with Gasteiger partial charge in [0, 0.05) is 6.04 Å². The summed E-state index contributed by atoms with van der Waals surface area (Å²) in [6.07, 6.45) is 1.70. The Balaban J connectivity index is 2.92. The van der Waals surface area contributed by atoms with E-state index < -0.39 is 15.8 Å². The summed E-state index contributed by atoms with van der Waals surface area (Å²) in [5.41, 5.74) is 5.63. The molecule has 0 bridgehead atoms. The number of sulfonamides is 1. The van der Waals surface area contributed by atoms with Crippen LogP contribution in [-0.4, -0.2) is 14.5 Å². The normalized spacial score (nSPS) is 13.7. The molecule has 1 aromatic carbocycles. The van der Waals surface area contributed by atoms with E-state index in [0.29, 0.717) is 11.5 Å². The van der Waals surface area contributed by atoms with Gasteiger partial charge in [-0.05, 0) is 50.3 Å². The van der Waals surface area contributed by atoms with Gasteiger partial charge in [0.1, 0.15) is 5.82 Å². The van der Waals surface area contributed by atoms with Gasteiger partial charge in [0.25, 0.3) is 0 Å². The molecule has 0 saturated heterocycles. The molecule has 0 aliphatic rings. The van der Waals surface area contributed by atoms with Crippen LogP contribution >= 0.6 is 0 Å². The third kappa shape index (κ3) is 4.45. The number of hydrogen-bond donors (Lipinski definition) is 2. The number of nitrogens with one attached hydrogen (secondary N) is 1. The zero-order valence-electron chi connectivity index (χ0n) is 12.4. The lowest BCUT2D eigenvalue weighted by molar-refractivity contribution is 0.485. The SMILES string of the molecule is Cc1cc(F)c(N)cc1S(=O)(=O)NC(C)CCC(C)C. The Bertz CT molecular complexity index is 571. The summed E-state index contributed by atoms with van der Waals surface area (Å²) < 4.78 is 40.5. The molecule has 0 amide bonds. The van der Waals surface area contributed by atoms with E-state index in [0.717, 1.165) is 18.9 Å². The molecule has 0 aliphatic heterocycles. The van der Waals surface area contributed by atoms with Crippen molar-refractivity contribution in [3.05, 3.63) is 23.5 Å². The number of nitrogen functional groups attached to an aromatic ring is 1. The first-order valence-corrected chi connectivity index (χ1v) is 8.19. The van der Waals surface area contributed by atoms with Crippen LogP contribution in [0.4, 0.5) is 10.1 Å². The van der Waals surface area contributed by atoms with Crippen LogP contribution in [-0.2, 0) is 10.0 Å². The molecule has 0 aromatic heterocycles. The molecule has 1 unspecified atom stereocenters. The fourth-order valence-corrected chi connectivity index (χ4v) is 3.47. The third-order valence-corrected chi connectivity index (χ3v) is 4.85. The average molecular weight is 302 g/mol. The molecule has 0 aliphatic carbocycles. The van der Waals surface area contributed by atoms with Gasteiger partial charge in [0.05, 0.1) is 10.6 Å². The van der Waals surface area contributed by atoms with Gasteiger partial charge in [-0.3, -0.25) is 0 Å². The minimum absolute atomic E-state index is 0.0350. The Morgan fingerprint density at radius 1 is 1.25 bits per heavy atom. The molecular weight excluding hydrogens is 279 g/mol. The number of benzene rings is 1. The average Bonchev–Trinajstić information content (AvgIpc) is 2.30. The van der Waals surface area contributed by atoms with Gasteiger partial charge < -0.3 is 5.73 Å². The van der Waals surface area contributed by atoms with Crippen molar-refractivity contribution in [1.82, 2.24) is 4.72 Å². The number of hydrogen-bond acceptors (Lipinski definition) is 3. The smallest absolute Gasteiger partial charge is 0.241 e. The summed E-state index contributed by atoms with van der Waals surface area (Å²) in [6.45, 7) is 7.55. The van der Waals surface area contributed by atoms with E-state index in [1.807, 2.05) is 6.92 Å². The second-order valence-corrected chi connectivity index (χ2v) is 7.32. The largest absolute Gasteiger partial charge is 0.396 e. The molecule has 0 spiro atoms. The molecule has 4 nitrogen and oxygen atoms in total. The highest BCUT2D eigenvalue weighted by molar-refractivity contribution is 7.89. The van der Waals surface area contributed by atoms with Gasteiger partial charge in [0.2, 0.25) is 10.0 Å². The van der Waals surface area contributed by atoms with E-state index in [-0.39, 0.29) is 16.6 Å². The zero-order valence-corrected chi connectivity index (χ0v) is 13.2. The maximum absolute atomic E-state index is 13.3. The molecule has 3 N–H and O–H groups in total. The van der Waals surface area contributed by atoms with Gasteiger partial charge in [-0.15, -0.1) is 0 Å². The van der Waals surface area contributed by atoms with E-state index in [2.05, 4.69) is 18.6 Å². The summed E-state index contributed by atoms with van der Waals surface area (Å²) in [4.78, 5) is 0.0350. The molecule has 1 aromatic rings. The van der Waals surface area contributed by atoms with Gasteiger partial charge in [-0.25, -0.2) is 17.5 Å². The van der Waals surface area contributed by atoms with Crippen molar-refractivity contribution in [2.24, 2.45) is 5.92 Å². The van der Waals surface area contributed by atoms with E-state index in [4.69, 9.17) is 5.73 Å². The summed E-state index contributed by atoms with van der Waals surface area (Å²) >= 11 is 0. The number of aryl methyl sites for hydroxylation is 1. The molecule has 114 valence electrons. The lowest BCUT2D eigenvalue weighted by Crippen LogP contribution is -2.33. The van der Waals surface area contributed by atoms with Crippen LogP contribution in [0.2, 0.25) is 0 Å². The van der Waals surface area contributed by atoms with Gasteiger partial charge >= 0.3 is 0 Å². The topological polar surface area (TPSA) is 72.2 Å². The van der Waals surface area contributed by atoms with Crippen molar-refractivity contribution >= 4 is 15.7 Å². The second-order valence-electron chi connectivity index (χ2n) is 5.63. The van der Waals surface area contributed by atoms with Crippen LogP contribution in [0, 0.1) is 18.7 Å². The first-order valence-electron chi connectivity index (χ1n) is 6.71. The quantitative estimate of drug-likeness (QED) is 0.794. The Labute approximate surface area is 120 Å². The van der Waals surface area contributed by atoms with Crippen LogP contribution in [0.1, 0.15) is 39.2 Å². The summed E-state index contributed by atoms with van der Waals surface area (Å²) in [7, 11) is -3.67. The maximum Gasteiger partial charge on any atom is 0.241 e. The van der Waals surface area contributed by atoms with Gasteiger partial charge in [-0.1, -0.05) is 13.8 Å². The number of nitrogens with two attached hydrogens (primary N) is 1. The van der Waals surface area contributed by atoms with E-state index in [1.54, 1.807) is 6.92 Å². The lowest BCUT2D eigenvalue weighted by Gasteiger charge is -2.16. The minimum atomic E-state index is -3.67. The first-order chi connectivity index (χ1) is 9.13. The van der Waals surface area contributed by atoms with Crippen LogP contribution in [0.25, 0.3) is 0 Å². The molecule has 1 atom stereocenters. The minimum Gasteiger partial charge on any atom is -0.396 e. The molecule has 6 heteroatoms. The first kappa shape index (κ1) is 16.9. The highest BCUT2D eigenvalue weighted by atomic mass is 32.2. The highest BCUT2D eigenvalue weighted by Gasteiger charge is 2.21. The van der Waals surface area contributed by atoms with Crippen LogP contribution in [0.3, 0.4) is 0 Å². The predicted octanol–water partition coefficient (Wildman–Crippen LogP) is 2.82. The molecule has 0 saturated carbocycles. The summed E-state index contributed by atoms with van der Waals surface area (Å²) in [5, 5.41) is 0. The van der Waals surface area contributed by atoms with Gasteiger partial charge in [0.15, 0.2) is 0 Å². The van der Waals surface area contributed by atoms with Crippen molar-refractivity contribution in [3.8, 4) is 0 Å². The fraction of sp³-hybridized carbons (Fsp3) is 0.571. The summed E-state index contributed by atoms with van der Waals surface area (Å²) in [6, 6.07) is 2.14. The Hall–Kier alpha value is -1.14. The summed E-state index contributed by atoms with van der Waals surface area (Å²) in [5.74, 6) is -0.0838. The van der Waals surface area contributed by atoms with Crippen LogP contribution < -0.4 is 10.5 Å². The van der Waals surface area contributed by atoms with E-state index in [1.165, 1.54) is 6.07 Å². The number of rotatable bonds is 6. The Morgan fingerprint density at radius 3 is 2.40 bits per heavy atom. The maximum atomic E-state index is 13.3. The Morgan fingerprint density at radius 2 is 1.85 bits per heavy atom. The number of halogens is 1. The molecule has 20 heavy (non-hydrogen) atoms. The monoisotopic (exact) mass is 302 g/mol. The Kier molecular flexibility index (Phi) is 5.53. The van der Waals surface area contributed by atoms with Crippen LogP contribution in [0.5, 0.6) is 0 Å². The fourth-order valence-electron chi connectivity index (χ4n) is 1.93. The number of anilines is 1. The zero-order chi connectivity index (χ0) is 15.5. The van der Waals surface area contributed by atoms with Crippen molar-refractivity contribution in [2.45, 2.75) is 51.5 Å². The second kappa shape index (κ2) is 6.54. The molecular formula is C14H23FN2O2S. The third-order valence-electron chi connectivity index (χ3n) is 3.12. The van der Waals surface area contributed by atoms with Crippen molar-refractivity contribution < 1.29 is 12.8 Å². The van der Waals surface area contributed by atoms with Crippen molar-refractivity contribution in [3.63, 3.8) is 0 Å². The standard InChI is InChI=1S/C14H23FN2O2S/c1-9(2)5-6-11(4)17-20(18,19)14-8-13(16)12(15)7-10(14)3/h7-9,11,17H,5-6,16H2,1-4H3. The molecule has 1 rings (SSSR count). The van der Waals surface area contributed by atoms with Crippen molar-refractivity contribution in [1.29, 1.82) is 0 Å². The predicted molar refractivity (Wildman–Crippen MR) is 79.4 cm³/mol. The molecule has 0 heterocycles. The van der Waals surface area contributed by atoms with Crippen molar-refractivity contribution in [2.75, 3.05) is 5.73 Å².